The summed E-state index contributed by atoms with van der Waals surface area (Å²) in [5, 5.41) is 6.77. The summed E-state index contributed by atoms with van der Waals surface area (Å²) < 4.78 is 5.35. The van der Waals surface area contributed by atoms with Crippen LogP contribution in [0.2, 0.25) is 0 Å². The fourth-order valence-corrected chi connectivity index (χ4v) is 3.58. The van der Waals surface area contributed by atoms with Crippen LogP contribution in [0.15, 0.2) is 0 Å². The summed E-state index contributed by atoms with van der Waals surface area (Å²) >= 11 is 0. The molecular weight excluding hydrogens is 288 g/mol. The van der Waals surface area contributed by atoms with Crippen molar-refractivity contribution >= 4 is 6.09 Å². The normalized spacial score (nSPS) is 26.9. The fourth-order valence-electron chi connectivity index (χ4n) is 3.58. The van der Waals surface area contributed by atoms with Gasteiger partial charge in [-0.3, -0.25) is 0 Å². The number of hydrogen-bond donors (Lipinski definition) is 2. The van der Waals surface area contributed by atoms with Gasteiger partial charge in [0.1, 0.15) is 5.60 Å². The van der Waals surface area contributed by atoms with E-state index in [1.165, 1.54) is 19.3 Å². The highest BCUT2D eigenvalue weighted by Gasteiger charge is 2.29. The summed E-state index contributed by atoms with van der Waals surface area (Å²) in [6, 6.07) is 0.850. The van der Waals surface area contributed by atoms with Crippen LogP contribution in [0.4, 0.5) is 4.79 Å². The van der Waals surface area contributed by atoms with Gasteiger partial charge in [-0.05, 0) is 57.8 Å². The van der Waals surface area contributed by atoms with Crippen molar-refractivity contribution in [2.45, 2.75) is 91.8 Å². The van der Waals surface area contributed by atoms with Crippen molar-refractivity contribution in [3.8, 4) is 0 Å². The highest BCUT2D eigenvalue weighted by atomic mass is 16.6. The molecule has 0 radical (unpaired) electrons. The van der Waals surface area contributed by atoms with Crippen LogP contribution in [0.25, 0.3) is 0 Å². The minimum absolute atomic E-state index is 0.301. The molecule has 3 atom stereocenters. The van der Waals surface area contributed by atoms with Crippen molar-refractivity contribution in [2.24, 2.45) is 17.8 Å². The highest BCUT2D eigenvalue weighted by Crippen LogP contribution is 2.29. The van der Waals surface area contributed by atoms with Crippen LogP contribution < -0.4 is 10.6 Å². The van der Waals surface area contributed by atoms with Crippen LogP contribution in [0.3, 0.4) is 0 Å². The molecule has 1 aliphatic rings. The van der Waals surface area contributed by atoms with E-state index in [0.29, 0.717) is 36.4 Å². The van der Waals surface area contributed by atoms with Crippen LogP contribution in [0.5, 0.6) is 0 Å². The van der Waals surface area contributed by atoms with Crippen LogP contribution in [0.1, 0.15) is 74.1 Å². The zero-order chi connectivity index (χ0) is 17.6. The summed E-state index contributed by atoms with van der Waals surface area (Å²) in [7, 11) is 0. The summed E-state index contributed by atoms with van der Waals surface area (Å²) in [4.78, 5) is 11.9. The average molecular weight is 327 g/mol. The number of amides is 1. The topological polar surface area (TPSA) is 50.4 Å². The molecule has 1 fully saturated rings. The largest absolute Gasteiger partial charge is 0.444 e. The lowest BCUT2D eigenvalue weighted by Crippen LogP contribution is -2.52. The summed E-state index contributed by atoms with van der Waals surface area (Å²) in [6.07, 6.45) is 4.68. The predicted molar refractivity (Wildman–Crippen MR) is 96.6 cm³/mol. The first kappa shape index (κ1) is 20.3. The maximum atomic E-state index is 11.9. The molecule has 23 heavy (non-hydrogen) atoms. The number of hydrogen-bond acceptors (Lipinski definition) is 3. The van der Waals surface area contributed by atoms with E-state index < -0.39 is 5.60 Å². The number of carbonyl (C=O) groups excluding carboxylic acids is 1. The molecule has 0 saturated heterocycles. The highest BCUT2D eigenvalue weighted by molar-refractivity contribution is 5.67. The molecule has 0 spiro atoms. The third-order valence-corrected chi connectivity index (χ3v) is 4.62. The monoisotopic (exact) mass is 326 g/mol. The molecule has 2 N–H and O–H groups in total. The Morgan fingerprint density at radius 3 is 2.22 bits per heavy atom. The molecule has 136 valence electrons. The Kier molecular flexibility index (Phi) is 7.85. The quantitative estimate of drug-likeness (QED) is 0.763. The third kappa shape index (κ3) is 8.05. The number of ether oxygens (including phenoxy) is 1. The van der Waals surface area contributed by atoms with Crippen LogP contribution in [-0.2, 0) is 4.74 Å². The lowest BCUT2D eigenvalue weighted by atomic mass is 9.78. The van der Waals surface area contributed by atoms with Gasteiger partial charge in [0.25, 0.3) is 0 Å². The Hall–Kier alpha value is -0.770. The van der Waals surface area contributed by atoms with E-state index in [2.05, 4.69) is 38.3 Å². The molecule has 1 amide bonds. The van der Waals surface area contributed by atoms with Gasteiger partial charge in [0, 0.05) is 18.6 Å². The maximum Gasteiger partial charge on any atom is 0.407 e. The number of rotatable bonds is 6. The Morgan fingerprint density at radius 2 is 1.74 bits per heavy atom. The van der Waals surface area contributed by atoms with Gasteiger partial charge in [0.2, 0.25) is 0 Å². The van der Waals surface area contributed by atoms with Gasteiger partial charge in [-0.1, -0.05) is 34.1 Å². The average Bonchev–Trinajstić information content (AvgIpc) is 2.37. The number of alkyl carbamates (subject to hydrolysis) is 1. The molecule has 1 aliphatic carbocycles. The molecule has 3 unspecified atom stereocenters. The van der Waals surface area contributed by atoms with Crippen molar-refractivity contribution in [1.29, 1.82) is 0 Å². The van der Waals surface area contributed by atoms with Gasteiger partial charge in [0.15, 0.2) is 0 Å². The van der Waals surface area contributed by atoms with Crippen molar-refractivity contribution < 1.29 is 9.53 Å². The molecule has 0 aromatic carbocycles. The van der Waals surface area contributed by atoms with E-state index in [1.807, 2.05) is 20.8 Å². The summed E-state index contributed by atoms with van der Waals surface area (Å²) in [5.41, 5.74) is -0.447. The lowest BCUT2D eigenvalue weighted by molar-refractivity contribution is 0.0517. The van der Waals surface area contributed by atoms with Crippen molar-refractivity contribution in [1.82, 2.24) is 10.6 Å². The standard InChI is InChI=1S/C19H38N2O2/c1-13(2)11-16(12-20-18(22)23-19(5,6)7)21-17-14(3)9-8-10-15(17)4/h13-17,21H,8-12H2,1-7H3,(H,20,22). The Balaban J connectivity index is 2.56. The third-order valence-electron chi connectivity index (χ3n) is 4.62. The second-order valence-corrected chi connectivity index (χ2v) is 8.79. The van der Waals surface area contributed by atoms with Crippen LogP contribution in [-0.4, -0.2) is 30.3 Å². The number of nitrogens with one attached hydrogen (secondary N) is 2. The second-order valence-electron chi connectivity index (χ2n) is 8.79. The van der Waals surface area contributed by atoms with Crippen molar-refractivity contribution in [2.75, 3.05) is 6.54 Å². The van der Waals surface area contributed by atoms with Crippen molar-refractivity contribution in [3.63, 3.8) is 0 Å². The van der Waals surface area contributed by atoms with Gasteiger partial charge >= 0.3 is 6.09 Å². The molecule has 0 bridgehead atoms. The van der Waals surface area contributed by atoms with E-state index in [1.54, 1.807) is 0 Å². The molecule has 4 nitrogen and oxygen atoms in total. The van der Waals surface area contributed by atoms with E-state index in [4.69, 9.17) is 4.74 Å². The molecule has 1 rings (SSSR count). The first-order valence-electron chi connectivity index (χ1n) is 9.31. The molecule has 0 heterocycles. The lowest BCUT2D eigenvalue weighted by Gasteiger charge is -2.38. The molecule has 0 aromatic heterocycles. The molecule has 4 heteroatoms. The summed E-state index contributed by atoms with van der Waals surface area (Å²) in [5.74, 6) is 2.01. The fraction of sp³-hybridized carbons (Fsp3) is 0.947. The SMILES string of the molecule is CC(C)CC(CNC(=O)OC(C)(C)C)NC1C(C)CCCC1C. The molecular formula is C19H38N2O2. The molecule has 0 aliphatic heterocycles. The Morgan fingerprint density at radius 1 is 1.17 bits per heavy atom. The second kappa shape index (κ2) is 8.91. The van der Waals surface area contributed by atoms with Gasteiger partial charge in [-0.15, -0.1) is 0 Å². The van der Waals surface area contributed by atoms with Gasteiger partial charge < -0.3 is 15.4 Å². The zero-order valence-electron chi connectivity index (χ0n) is 16.2. The van der Waals surface area contributed by atoms with Crippen LogP contribution in [0, 0.1) is 17.8 Å². The summed E-state index contributed by atoms with van der Waals surface area (Å²) in [6.45, 7) is 15.5. The Labute approximate surface area is 143 Å². The molecule has 1 saturated carbocycles. The minimum atomic E-state index is -0.447. The van der Waals surface area contributed by atoms with Gasteiger partial charge in [0.05, 0.1) is 0 Å². The van der Waals surface area contributed by atoms with Crippen molar-refractivity contribution in [3.05, 3.63) is 0 Å². The predicted octanol–water partition coefficient (Wildman–Crippen LogP) is 4.34. The molecule has 0 aromatic rings. The van der Waals surface area contributed by atoms with E-state index in [-0.39, 0.29) is 6.09 Å². The van der Waals surface area contributed by atoms with Crippen LogP contribution >= 0.6 is 0 Å². The zero-order valence-corrected chi connectivity index (χ0v) is 16.2. The van der Waals surface area contributed by atoms with E-state index >= 15 is 0 Å². The van der Waals surface area contributed by atoms with E-state index in [0.717, 1.165) is 6.42 Å². The maximum absolute atomic E-state index is 11.9. The first-order valence-corrected chi connectivity index (χ1v) is 9.31. The first-order chi connectivity index (χ1) is 10.6. The van der Waals surface area contributed by atoms with Gasteiger partial charge in [-0.2, -0.15) is 0 Å². The number of carbonyl (C=O) groups is 1. The van der Waals surface area contributed by atoms with E-state index in [9.17, 15) is 4.79 Å². The smallest absolute Gasteiger partial charge is 0.407 e. The van der Waals surface area contributed by atoms with Gasteiger partial charge in [-0.25, -0.2) is 4.79 Å². The Bertz CT molecular complexity index is 353. The minimum Gasteiger partial charge on any atom is -0.444 e.